The Balaban J connectivity index is 1.86. The molecule has 0 aliphatic heterocycles. The summed E-state index contributed by atoms with van der Waals surface area (Å²) in [5, 5.41) is 7.82. The fourth-order valence-corrected chi connectivity index (χ4v) is 3.15. The molecule has 1 unspecified atom stereocenters. The molecule has 0 saturated heterocycles. The molecular formula is C20H30N4OS. The summed E-state index contributed by atoms with van der Waals surface area (Å²) >= 11 is 1.74. The highest BCUT2D eigenvalue weighted by atomic mass is 32.1. The van der Waals surface area contributed by atoms with Gasteiger partial charge in [0.15, 0.2) is 5.96 Å². The number of rotatable bonds is 8. The average molecular weight is 375 g/mol. The van der Waals surface area contributed by atoms with Gasteiger partial charge in [0, 0.05) is 18.1 Å². The van der Waals surface area contributed by atoms with Crippen molar-refractivity contribution in [3.05, 3.63) is 45.9 Å². The molecule has 0 spiro atoms. The van der Waals surface area contributed by atoms with Gasteiger partial charge in [-0.05, 0) is 37.0 Å². The number of aromatic nitrogens is 1. The zero-order valence-corrected chi connectivity index (χ0v) is 17.2. The third kappa shape index (κ3) is 6.33. The first-order valence-corrected chi connectivity index (χ1v) is 9.97. The molecule has 6 heteroatoms. The van der Waals surface area contributed by atoms with Crippen molar-refractivity contribution in [1.82, 2.24) is 15.6 Å². The summed E-state index contributed by atoms with van der Waals surface area (Å²) in [7, 11) is 1.78. The van der Waals surface area contributed by atoms with Gasteiger partial charge in [0.25, 0.3) is 0 Å². The summed E-state index contributed by atoms with van der Waals surface area (Å²) in [5.74, 6) is 2.20. The number of nitrogens with zero attached hydrogens (tertiary/aromatic N) is 2. The summed E-state index contributed by atoms with van der Waals surface area (Å²) in [6, 6.07) is 8.37. The van der Waals surface area contributed by atoms with Crippen LogP contribution in [-0.4, -0.2) is 24.6 Å². The minimum Gasteiger partial charge on any atom is -0.493 e. The first-order chi connectivity index (χ1) is 12.5. The Hall–Kier alpha value is -2.08. The van der Waals surface area contributed by atoms with Gasteiger partial charge in [-0.15, -0.1) is 11.3 Å². The van der Waals surface area contributed by atoms with Crippen LogP contribution in [0.1, 0.15) is 49.2 Å². The smallest absolute Gasteiger partial charge is 0.191 e. The number of thiazole rings is 1. The quantitative estimate of drug-likeness (QED) is 0.538. The normalized spacial score (nSPS) is 12.9. The molecule has 2 aromatic rings. The van der Waals surface area contributed by atoms with Crippen molar-refractivity contribution in [2.45, 2.75) is 46.7 Å². The van der Waals surface area contributed by atoms with Crippen LogP contribution in [0.4, 0.5) is 0 Å². The van der Waals surface area contributed by atoms with E-state index in [4.69, 9.17) is 4.74 Å². The molecule has 26 heavy (non-hydrogen) atoms. The minimum atomic E-state index is 0.142. The van der Waals surface area contributed by atoms with Crippen LogP contribution in [0.5, 0.6) is 5.75 Å². The summed E-state index contributed by atoms with van der Waals surface area (Å²) in [4.78, 5) is 10.0. The number of hydrogen-bond donors (Lipinski definition) is 2. The molecule has 0 amide bonds. The number of aliphatic imine (C=N–C) groups is 1. The Morgan fingerprint density at radius 3 is 2.54 bits per heavy atom. The predicted molar refractivity (Wildman–Crippen MR) is 110 cm³/mol. The van der Waals surface area contributed by atoms with Crippen molar-refractivity contribution in [3.63, 3.8) is 0 Å². The van der Waals surface area contributed by atoms with Crippen molar-refractivity contribution in [3.8, 4) is 5.75 Å². The van der Waals surface area contributed by atoms with Crippen LogP contribution in [0, 0.1) is 5.92 Å². The molecule has 0 aliphatic carbocycles. The van der Waals surface area contributed by atoms with E-state index in [1.165, 1.54) is 10.4 Å². The minimum absolute atomic E-state index is 0.142. The van der Waals surface area contributed by atoms with Crippen molar-refractivity contribution in [2.75, 3.05) is 13.7 Å². The van der Waals surface area contributed by atoms with Gasteiger partial charge < -0.3 is 15.4 Å². The molecular weight excluding hydrogens is 344 g/mol. The summed E-state index contributed by atoms with van der Waals surface area (Å²) in [5.41, 5.74) is 1.19. The van der Waals surface area contributed by atoms with Gasteiger partial charge in [0.05, 0.1) is 19.2 Å². The lowest BCUT2D eigenvalue weighted by Gasteiger charge is -2.18. The van der Waals surface area contributed by atoms with Crippen molar-refractivity contribution >= 4 is 17.3 Å². The van der Waals surface area contributed by atoms with Gasteiger partial charge >= 0.3 is 0 Å². The fourth-order valence-electron chi connectivity index (χ4n) is 2.35. The van der Waals surface area contributed by atoms with E-state index in [0.29, 0.717) is 12.5 Å². The molecule has 142 valence electrons. The Morgan fingerprint density at radius 1 is 1.23 bits per heavy atom. The van der Waals surface area contributed by atoms with Crippen LogP contribution in [0.15, 0.2) is 35.5 Å². The second-order valence-electron chi connectivity index (χ2n) is 6.64. The predicted octanol–water partition coefficient (Wildman–Crippen LogP) is 4.17. The highest BCUT2D eigenvalue weighted by molar-refractivity contribution is 7.11. The van der Waals surface area contributed by atoms with E-state index >= 15 is 0 Å². The van der Waals surface area contributed by atoms with Crippen LogP contribution < -0.4 is 15.4 Å². The maximum Gasteiger partial charge on any atom is 0.191 e. The van der Waals surface area contributed by atoms with Gasteiger partial charge in [0.2, 0.25) is 0 Å². The summed E-state index contributed by atoms with van der Waals surface area (Å²) in [6.45, 7) is 9.97. The van der Waals surface area contributed by atoms with Crippen LogP contribution >= 0.6 is 11.3 Å². The molecule has 0 bridgehead atoms. The Kier molecular flexibility index (Phi) is 7.91. The molecule has 1 heterocycles. The van der Waals surface area contributed by atoms with Crippen LogP contribution in [0.25, 0.3) is 0 Å². The molecule has 0 aliphatic rings. The van der Waals surface area contributed by atoms with Crippen molar-refractivity contribution < 1.29 is 4.74 Å². The lowest BCUT2D eigenvalue weighted by atomic mass is 10.1. The standard InChI is InChI=1S/C20H30N4OS/c1-6-18-11-22-19(26-18)12-23-20(21-5)24-15(4)16-7-9-17(10-8-16)25-13-14(2)3/h7-11,14-15H,6,12-13H2,1-5H3,(H2,21,23,24). The number of nitrogens with one attached hydrogen (secondary N) is 2. The first kappa shape index (κ1) is 20.2. The monoisotopic (exact) mass is 374 g/mol. The summed E-state index contributed by atoms with van der Waals surface area (Å²) in [6.07, 6.45) is 2.97. The molecule has 0 radical (unpaired) electrons. The van der Waals surface area contributed by atoms with Gasteiger partial charge in [-0.2, -0.15) is 0 Å². The van der Waals surface area contributed by atoms with E-state index in [1.807, 2.05) is 18.3 Å². The van der Waals surface area contributed by atoms with Crippen LogP contribution in [-0.2, 0) is 13.0 Å². The van der Waals surface area contributed by atoms with Gasteiger partial charge in [-0.1, -0.05) is 32.9 Å². The Morgan fingerprint density at radius 2 is 1.96 bits per heavy atom. The SMILES string of the molecule is CCc1cnc(CNC(=NC)NC(C)c2ccc(OCC(C)C)cc2)s1. The van der Waals surface area contributed by atoms with Crippen molar-refractivity contribution in [1.29, 1.82) is 0 Å². The highest BCUT2D eigenvalue weighted by Gasteiger charge is 2.09. The van der Waals surface area contributed by atoms with Crippen LogP contribution in [0.2, 0.25) is 0 Å². The summed E-state index contributed by atoms with van der Waals surface area (Å²) < 4.78 is 5.74. The molecule has 2 N–H and O–H groups in total. The third-order valence-electron chi connectivity index (χ3n) is 3.90. The van der Waals surface area contributed by atoms with E-state index in [1.54, 1.807) is 18.4 Å². The average Bonchev–Trinajstić information content (AvgIpc) is 3.11. The van der Waals surface area contributed by atoms with Gasteiger partial charge in [0.1, 0.15) is 10.8 Å². The zero-order chi connectivity index (χ0) is 18.9. The van der Waals surface area contributed by atoms with E-state index in [0.717, 1.165) is 29.7 Å². The molecule has 5 nitrogen and oxygen atoms in total. The molecule has 0 saturated carbocycles. The third-order valence-corrected chi connectivity index (χ3v) is 5.04. The number of guanidine groups is 1. The number of hydrogen-bond acceptors (Lipinski definition) is 4. The Bertz CT molecular complexity index is 694. The van der Waals surface area contributed by atoms with E-state index < -0.39 is 0 Å². The molecule has 0 fully saturated rings. The molecule has 2 rings (SSSR count). The van der Waals surface area contributed by atoms with Crippen molar-refractivity contribution in [2.24, 2.45) is 10.9 Å². The van der Waals surface area contributed by atoms with Crippen LogP contribution in [0.3, 0.4) is 0 Å². The maximum atomic E-state index is 5.74. The number of benzene rings is 1. The maximum absolute atomic E-state index is 5.74. The fraction of sp³-hybridized carbons (Fsp3) is 0.500. The second kappa shape index (κ2) is 10.2. The largest absolute Gasteiger partial charge is 0.493 e. The number of ether oxygens (including phenoxy) is 1. The van der Waals surface area contributed by atoms with E-state index in [2.05, 4.69) is 60.4 Å². The highest BCUT2D eigenvalue weighted by Crippen LogP contribution is 2.18. The van der Waals surface area contributed by atoms with E-state index in [-0.39, 0.29) is 6.04 Å². The lowest BCUT2D eigenvalue weighted by molar-refractivity contribution is 0.271. The van der Waals surface area contributed by atoms with Gasteiger partial charge in [-0.25, -0.2) is 4.98 Å². The Labute approximate surface area is 160 Å². The van der Waals surface area contributed by atoms with Gasteiger partial charge in [-0.3, -0.25) is 4.99 Å². The molecule has 1 atom stereocenters. The first-order valence-electron chi connectivity index (χ1n) is 9.15. The van der Waals surface area contributed by atoms with E-state index in [9.17, 15) is 0 Å². The topological polar surface area (TPSA) is 58.5 Å². The molecule has 1 aromatic carbocycles. The number of aryl methyl sites for hydroxylation is 1. The molecule has 1 aromatic heterocycles. The zero-order valence-electron chi connectivity index (χ0n) is 16.4. The second-order valence-corrected chi connectivity index (χ2v) is 7.84. The lowest BCUT2D eigenvalue weighted by Crippen LogP contribution is -2.38.